The molecule has 5 aromatic rings. The van der Waals surface area contributed by atoms with Gasteiger partial charge in [-0.3, -0.25) is 0 Å². The fourth-order valence-electron chi connectivity index (χ4n) is 3.95. The number of pyridine rings is 1. The summed E-state index contributed by atoms with van der Waals surface area (Å²) in [5.41, 5.74) is 5.93. The Kier molecular flexibility index (Phi) is 4.55. The third kappa shape index (κ3) is 3.19. The Hall–Kier alpha value is -3.14. The SMILES string of the molecule is OCc1cc2c3ccccc3n(Cc3ccccc3)c2c(-c2ccc(Cl)cc2)n1. The maximum Gasteiger partial charge on any atom is 0.0949 e. The predicted octanol–water partition coefficient (Wildman–Crippen LogP) is 6.05. The van der Waals surface area contributed by atoms with Gasteiger partial charge in [0.2, 0.25) is 0 Å². The van der Waals surface area contributed by atoms with E-state index in [0.717, 1.165) is 39.6 Å². The second kappa shape index (κ2) is 7.36. The molecule has 2 heterocycles. The molecule has 142 valence electrons. The van der Waals surface area contributed by atoms with E-state index in [1.165, 1.54) is 5.56 Å². The van der Waals surface area contributed by atoms with Crippen LogP contribution in [0.4, 0.5) is 0 Å². The Labute approximate surface area is 173 Å². The van der Waals surface area contributed by atoms with E-state index in [1.807, 2.05) is 36.4 Å². The number of aliphatic hydroxyl groups excluding tert-OH is 1. The van der Waals surface area contributed by atoms with Gasteiger partial charge in [0.15, 0.2) is 0 Å². The van der Waals surface area contributed by atoms with Crippen LogP contribution in [0, 0.1) is 0 Å². The average molecular weight is 399 g/mol. The molecule has 4 heteroatoms. The number of benzene rings is 3. The van der Waals surface area contributed by atoms with E-state index in [4.69, 9.17) is 16.6 Å². The summed E-state index contributed by atoms with van der Waals surface area (Å²) in [6.45, 7) is 0.639. The molecule has 0 saturated heterocycles. The average Bonchev–Trinajstić information content (AvgIpc) is 3.08. The van der Waals surface area contributed by atoms with Crippen molar-refractivity contribution in [1.82, 2.24) is 9.55 Å². The van der Waals surface area contributed by atoms with Gasteiger partial charge in [-0.25, -0.2) is 4.98 Å². The lowest BCUT2D eigenvalue weighted by Gasteiger charge is -2.12. The number of hydrogen-bond donors (Lipinski definition) is 1. The molecule has 0 atom stereocenters. The summed E-state index contributed by atoms with van der Waals surface area (Å²) in [4.78, 5) is 4.80. The molecule has 0 bridgehead atoms. The Morgan fingerprint density at radius 1 is 0.828 bits per heavy atom. The van der Waals surface area contributed by atoms with Crippen molar-refractivity contribution >= 4 is 33.4 Å². The van der Waals surface area contributed by atoms with E-state index in [-0.39, 0.29) is 6.61 Å². The molecule has 0 amide bonds. The zero-order valence-electron chi connectivity index (χ0n) is 15.7. The van der Waals surface area contributed by atoms with Crippen LogP contribution in [0.3, 0.4) is 0 Å². The van der Waals surface area contributed by atoms with Crippen molar-refractivity contribution < 1.29 is 5.11 Å². The van der Waals surface area contributed by atoms with Gasteiger partial charge in [-0.2, -0.15) is 0 Å². The van der Waals surface area contributed by atoms with E-state index in [1.54, 1.807) is 0 Å². The molecule has 3 nitrogen and oxygen atoms in total. The van der Waals surface area contributed by atoms with E-state index < -0.39 is 0 Å². The maximum atomic E-state index is 9.84. The van der Waals surface area contributed by atoms with Gasteiger partial charge in [0.05, 0.1) is 23.5 Å². The smallest absolute Gasteiger partial charge is 0.0949 e. The van der Waals surface area contributed by atoms with Crippen molar-refractivity contribution in [1.29, 1.82) is 0 Å². The highest BCUT2D eigenvalue weighted by Crippen LogP contribution is 2.36. The fraction of sp³-hybridized carbons (Fsp3) is 0.0800. The Bertz CT molecular complexity index is 1310. The molecular formula is C25H19ClN2O. The second-order valence-corrected chi connectivity index (χ2v) is 7.55. The van der Waals surface area contributed by atoms with Gasteiger partial charge in [-0.1, -0.05) is 72.3 Å². The lowest BCUT2D eigenvalue weighted by Crippen LogP contribution is -2.02. The van der Waals surface area contributed by atoms with Crippen LogP contribution in [-0.4, -0.2) is 14.7 Å². The van der Waals surface area contributed by atoms with Crippen LogP contribution in [0.2, 0.25) is 5.02 Å². The van der Waals surface area contributed by atoms with Crippen molar-refractivity contribution in [3.63, 3.8) is 0 Å². The highest BCUT2D eigenvalue weighted by molar-refractivity contribution is 6.30. The van der Waals surface area contributed by atoms with Gasteiger partial charge in [0, 0.05) is 33.4 Å². The van der Waals surface area contributed by atoms with Gasteiger partial charge in [0.1, 0.15) is 0 Å². The number of aromatic nitrogens is 2. The monoisotopic (exact) mass is 398 g/mol. The third-order valence-corrected chi connectivity index (χ3v) is 5.52. The molecule has 0 unspecified atom stereocenters. The first kappa shape index (κ1) is 17.9. The normalized spacial score (nSPS) is 11.4. The van der Waals surface area contributed by atoms with Crippen LogP contribution in [0.5, 0.6) is 0 Å². The second-order valence-electron chi connectivity index (χ2n) is 7.11. The van der Waals surface area contributed by atoms with Gasteiger partial charge in [0.25, 0.3) is 0 Å². The molecule has 29 heavy (non-hydrogen) atoms. The first-order valence-corrected chi connectivity index (χ1v) is 9.94. The molecule has 0 aliphatic rings. The fourth-order valence-corrected chi connectivity index (χ4v) is 4.07. The first-order chi connectivity index (χ1) is 14.2. The van der Waals surface area contributed by atoms with Crippen LogP contribution < -0.4 is 0 Å². The van der Waals surface area contributed by atoms with Gasteiger partial charge in [-0.05, 0) is 29.8 Å². The standard InChI is InChI=1S/C25H19ClN2O/c26-19-12-10-18(11-13-19)24-25-22(14-20(16-29)27-24)21-8-4-5-9-23(21)28(25)15-17-6-2-1-3-7-17/h1-14,29H,15-16H2. The highest BCUT2D eigenvalue weighted by atomic mass is 35.5. The molecule has 0 spiro atoms. The molecule has 2 aromatic heterocycles. The molecule has 0 fully saturated rings. The number of para-hydroxylation sites is 1. The number of nitrogens with zero attached hydrogens (tertiary/aromatic N) is 2. The topological polar surface area (TPSA) is 38.0 Å². The minimum atomic E-state index is -0.102. The molecule has 3 aromatic carbocycles. The Balaban J connectivity index is 1.87. The molecule has 1 N–H and O–H groups in total. The summed E-state index contributed by atoms with van der Waals surface area (Å²) in [5.74, 6) is 0. The van der Waals surface area contributed by atoms with E-state index in [0.29, 0.717) is 10.7 Å². The molecule has 0 saturated carbocycles. The van der Waals surface area contributed by atoms with E-state index >= 15 is 0 Å². The molecule has 5 rings (SSSR count). The van der Waals surface area contributed by atoms with E-state index in [2.05, 4.69) is 53.1 Å². The number of halogens is 1. The van der Waals surface area contributed by atoms with Crippen LogP contribution in [0.1, 0.15) is 11.3 Å². The number of fused-ring (bicyclic) bond motifs is 3. The summed E-state index contributed by atoms with van der Waals surface area (Å²) in [7, 11) is 0. The van der Waals surface area contributed by atoms with Gasteiger partial charge >= 0.3 is 0 Å². The number of hydrogen-bond acceptors (Lipinski definition) is 2. The molecular weight excluding hydrogens is 380 g/mol. The van der Waals surface area contributed by atoms with Crippen LogP contribution >= 0.6 is 11.6 Å². The van der Waals surface area contributed by atoms with Gasteiger partial charge in [-0.15, -0.1) is 0 Å². The largest absolute Gasteiger partial charge is 0.390 e. The summed E-state index contributed by atoms with van der Waals surface area (Å²) in [6, 6.07) is 28.5. The molecule has 0 radical (unpaired) electrons. The van der Waals surface area contributed by atoms with Crippen molar-refractivity contribution in [2.24, 2.45) is 0 Å². The van der Waals surface area contributed by atoms with Gasteiger partial charge < -0.3 is 9.67 Å². The maximum absolute atomic E-state index is 9.84. The summed E-state index contributed by atoms with van der Waals surface area (Å²) >= 11 is 6.11. The minimum absolute atomic E-state index is 0.102. The zero-order chi connectivity index (χ0) is 19.8. The Morgan fingerprint density at radius 2 is 1.55 bits per heavy atom. The summed E-state index contributed by atoms with van der Waals surface area (Å²) < 4.78 is 2.32. The van der Waals surface area contributed by atoms with Crippen LogP contribution in [0.15, 0.2) is 84.9 Å². The lowest BCUT2D eigenvalue weighted by molar-refractivity contribution is 0.277. The zero-order valence-corrected chi connectivity index (χ0v) is 16.5. The van der Waals surface area contributed by atoms with Crippen LogP contribution in [0.25, 0.3) is 33.1 Å². The predicted molar refractivity (Wildman–Crippen MR) is 119 cm³/mol. The molecule has 0 aliphatic carbocycles. The van der Waals surface area contributed by atoms with Crippen LogP contribution in [-0.2, 0) is 13.2 Å². The Morgan fingerprint density at radius 3 is 2.31 bits per heavy atom. The third-order valence-electron chi connectivity index (χ3n) is 5.26. The number of rotatable bonds is 4. The van der Waals surface area contributed by atoms with E-state index in [9.17, 15) is 5.11 Å². The highest BCUT2D eigenvalue weighted by Gasteiger charge is 2.18. The first-order valence-electron chi connectivity index (χ1n) is 9.56. The van der Waals surface area contributed by atoms with Crippen molar-refractivity contribution in [2.75, 3.05) is 0 Å². The lowest BCUT2D eigenvalue weighted by atomic mass is 10.1. The van der Waals surface area contributed by atoms with Crippen molar-refractivity contribution in [3.05, 3.63) is 101 Å². The number of aliphatic hydroxyl groups is 1. The minimum Gasteiger partial charge on any atom is -0.390 e. The van der Waals surface area contributed by atoms with Crippen molar-refractivity contribution in [2.45, 2.75) is 13.2 Å². The quantitative estimate of drug-likeness (QED) is 0.400. The summed E-state index contributed by atoms with van der Waals surface area (Å²) in [6.07, 6.45) is 0. The summed E-state index contributed by atoms with van der Waals surface area (Å²) in [5, 5.41) is 12.8. The van der Waals surface area contributed by atoms with Crippen molar-refractivity contribution in [3.8, 4) is 11.3 Å². The molecule has 0 aliphatic heterocycles.